The Bertz CT molecular complexity index is 726. The van der Waals surface area contributed by atoms with Crippen molar-refractivity contribution in [3.63, 3.8) is 0 Å². The Balaban J connectivity index is 2.05. The zero-order chi connectivity index (χ0) is 14.1. The highest BCUT2D eigenvalue weighted by molar-refractivity contribution is 5.84. The van der Waals surface area contributed by atoms with Gasteiger partial charge in [0.2, 0.25) is 0 Å². The van der Waals surface area contributed by atoms with Crippen LogP contribution in [0.2, 0.25) is 0 Å². The van der Waals surface area contributed by atoms with E-state index in [4.69, 9.17) is 5.73 Å². The van der Waals surface area contributed by atoms with Crippen LogP contribution in [0.25, 0.3) is 10.9 Å². The first-order valence-electron chi connectivity index (χ1n) is 6.73. The van der Waals surface area contributed by atoms with E-state index >= 15 is 0 Å². The van der Waals surface area contributed by atoms with Crippen molar-refractivity contribution in [1.82, 2.24) is 4.57 Å². The van der Waals surface area contributed by atoms with Gasteiger partial charge in [-0.15, -0.1) is 0 Å². The summed E-state index contributed by atoms with van der Waals surface area (Å²) in [7, 11) is 0. The minimum absolute atomic E-state index is 0.00521. The summed E-state index contributed by atoms with van der Waals surface area (Å²) in [6.07, 6.45) is 2.10. The Kier molecular flexibility index (Phi) is 3.28. The molecule has 1 unspecified atom stereocenters. The van der Waals surface area contributed by atoms with Gasteiger partial charge in [-0.25, -0.2) is 4.39 Å². The van der Waals surface area contributed by atoms with E-state index in [0.29, 0.717) is 6.54 Å². The molecule has 2 nitrogen and oxygen atoms in total. The van der Waals surface area contributed by atoms with Crippen LogP contribution in [0, 0.1) is 5.82 Å². The van der Waals surface area contributed by atoms with Gasteiger partial charge < -0.3 is 10.3 Å². The molecule has 3 aromatic rings. The summed E-state index contributed by atoms with van der Waals surface area (Å²) < 4.78 is 15.1. The predicted molar refractivity (Wildman–Crippen MR) is 80.0 cm³/mol. The summed E-state index contributed by atoms with van der Waals surface area (Å²) >= 11 is 0. The lowest BCUT2D eigenvalue weighted by Gasteiger charge is -2.05. The summed E-state index contributed by atoms with van der Waals surface area (Å²) in [5, 5.41) is 1.18. The standard InChI is InChI=1S/C17H17FN2/c1-12(19)16-11-20(17-5-3-2-4-15(16)17)10-13-6-8-14(18)9-7-13/h2-9,11-12H,10,19H2,1H3. The van der Waals surface area contributed by atoms with Crippen LogP contribution in [0.3, 0.4) is 0 Å². The second-order valence-corrected chi connectivity index (χ2v) is 5.14. The van der Waals surface area contributed by atoms with Gasteiger partial charge in [-0.05, 0) is 36.2 Å². The van der Waals surface area contributed by atoms with Crippen LogP contribution in [0.15, 0.2) is 54.7 Å². The average molecular weight is 268 g/mol. The first-order valence-corrected chi connectivity index (χ1v) is 6.73. The van der Waals surface area contributed by atoms with Crippen molar-refractivity contribution in [3.8, 4) is 0 Å². The third-order valence-corrected chi connectivity index (χ3v) is 3.58. The van der Waals surface area contributed by atoms with E-state index in [-0.39, 0.29) is 11.9 Å². The molecule has 2 aromatic carbocycles. The molecule has 0 radical (unpaired) electrons. The molecule has 0 fully saturated rings. The maximum atomic E-state index is 13.0. The van der Waals surface area contributed by atoms with Crippen molar-refractivity contribution >= 4 is 10.9 Å². The Hall–Kier alpha value is -2.13. The lowest BCUT2D eigenvalue weighted by atomic mass is 10.1. The molecule has 20 heavy (non-hydrogen) atoms. The minimum atomic E-state index is -0.206. The van der Waals surface area contributed by atoms with Gasteiger partial charge in [0.1, 0.15) is 5.82 Å². The van der Waals surface area contributed by atoms with Crippen molar-refractivity contribution in [2.24, 2.45) is 5.73 Å². The van der Waals surface area contributed by atoms with Gasteiger partial charge in [-0.3, -0.25) is 0 Å². The van der Waals surface area contributed by atoms with Crippen molar-refractivity contribution in [1.29, 1.82) is 0 Å². The van der Waals surface area contributed by atoms with Gasteiger partial charge in [0.15, 0.2) is 0 Å². The molecule has 0 spiro atoms. The molecule has 0 amide bonds. The molecule has 1 atom stereocenters. The summed E-state index contributed by atoms with van der Waals surface area (Å²) in [4.78, 5) is 0. The third kappa shape index (κ3) is 2.32. The lowest BCUT2D eigenvalue weighted by molar-refractivity contribution is 0.626. The molecular weight excluding hydrogens is 251 g/mol. The number of hydrogen-bond acceptors (Lipinski definition) is 1. The van der Waals surface area contributed by atoms with Gasteiger partial charge in [0.25, 0.3) is 0 Å². The molecule has 3 rings (SSSR count). The van der Waals surface area contributed by atoms with Crippen molar-refractivity contribution < 1.29 is 4.39 Å². The van der Waals surface area contributed by atoms with E-state index < -0.39 is 0 Å². The van der Waals surface area contributed by atoms with Crippen LogP contribution in [0.5, 0.6) is 0 Å². The van der Waals surface area contributed by atoms with E-state index in [9.17, 15) is 4.39 Å². The molecule has 102 valence electrons. The molecular formula is C17H17FN2. The van der Waals surface area contributed by atoms with Gasteiger partial charge in [-0.2, -0.15) is 0 Å². The van der Waals surface area contributed by atoms with Crippen molar-refractivity contribution in [2.45, 2.75) is 19.5 Å². The molecule has 3 heteroatoms. The first-order chi connectivity index (χ1) is 9.65. The largest absolute Gasteiger partial charge is 0.343 e. The number of nitrogens with zero attached hydrogens (tertiary/aromatic N) is 1. The fraction of sp³-hybridized carbons (Fsp3) is 0.176. The zero-order valence-electron chi connectivity index (χ0n) is 11.4. The Morgan fingerprint density at radius 2 is 1.80 bits per heavy atom. The van der Waals surface area contributed by atoms with Crippen LogP contribution in [-0.2, 0) is 6.54 Å². The summed E-state index contributed by atoms with van der Waals surface area (Å²) in [5.41, 5.74) is 9.41. The Labute approximate surface area is 117 Å². The second kappa shape index (κ2) is 5.10. The highest BCUT2D eigenvalue weighted by Crippen LogP contribution is 2.26. The number of halogens is 1. The highest BCUT2D eigenvalue weighted by Gasteiger charge is 2.11. The van der Waals surface area contributed by atoms with E-state index in [0.717, 1.165) is 16.6 Å². The number of para-hydroxylation sites is 1. The monoisotopic (exact) mass is 268 g/mol. The fourth-order valence-electron chi connectivity index (χ4n) is 2.56. The van der Waals surface area contributed by atoms with Crippen molar-refractivity contribution in [3.05, 3.63) is 71.7 Å². The molecule has 0 saturated carbocycles. The molecule has 0 aliphatic carbocycles. The topological polar surface area (TPSA) is 30.9 Å². The van der Waals surface area contributed by atoms with Crippen LogP contribution in [0.1, 0.15) is 24.1 Å². The van der Waals surface area contributed by atoms with Crippen molar-refractivity contribution in [2.75, 3.05) is 0 Å². The average Bonchev–Trinajstić information content (AvgIpc) is 2.81. The van der Waals surface area contributed by atoms with Gasteiger partial charge >= 0.3 is 0 Å². The van der Waals surface area contributed by atoms with Gasteiger partial charge in [0.05, 0.1) is 0 Å². The number of benzene rings is 2. The van der Waals surface area contributed by atoms with Crippen LogP contribution >= 0.6 is 0 Å². The molecule has 0 aliphatic rings. The number of aromatic nitrogens is 1. The normalized spacial score (nSPS) is 12.8. The Morgan fingerprint density at radius 3 is 2.50 bits per heavy atom. The lowest BCUT2D eigenvalue weighted by Crippen LogP contribution is -2.04. The van der Waals surface area contributed by atoms with E-state index in [2.05, 4.69) is 22.9 Å². The minimum Gasteiger partial charge on any atom is -0.343 e. The number of rotatable bonds is 3. The van der Waals surface area contributed by atoms with E-state index in [1.807, 2.05) is 31.2 Å². The molecule has 2 N–H and O–H groups in total. The van der Waals surface area contributed by atoms with Gasteiger partial charge in [0, 0.05) is 29.7 Å². The quantitative estimate of drug-likeness (QED) is 0.768. The first kappa shape index (κ1) is 12.9. The third-order valence-electron chi connectivity index (χ3n) is 3.58. The van der Waals surface area contributed by atoms with Crippen LogP contribution in [-0.4, -0.2) is 4.57 Å². The van der Waals surface area contributed by atoms with Crippen LogP contribution in [0.4, 0.5) is 4.39 Å². The SMILES string of the molecule is CC(N)c1cn(Cc2ccc(F)cc2)c2ccccc12. The maximum absolute atomic E-state index is 13.0. The maximum Gasteiger partial charge on any atom is 0.123 e. The second-order valence-electron chi connectivity index (χ2n) is 5.14. The summed E-state index contributed by atoms with van der Waals surface area (Å²) in [6, 6.07) is 14.8. The van der Waals surface area contributed by atoms with Gasteiger partial charge in [-0.1, -0.05) is 30.3 Å². The van der Waals surface area contributed by atoms with Crippen LogP contribution < -0.4 is 5.73 Å². The highest BCUT2D eigenvalue weighted by atomic mass is 19.1. The smallest absolute Gasteiger partial charge is 0.123 e. The fourth-order valence-corrected chi connectivity index (χ4v) is 2.56. The summed E-state index contributed by atoms with van der Waals surface area (Å²) in [5.74, 6) is -0.206. The number of fused-ring (bicyclic) bond motifs is 1. The predicted octanol–water partition coefficient (Wildman–Crippen LogP) is 3.85. The molecule has 0 bridgehead atoms. The zero-order valence-corrected chi connectivity index (χ0v) is 11.4. The molecule has 1 heterocycles. The Morgan fingerprint density at radius 1 is 1.10 bits per heavy atom. The van der Waals surface area contributed by atoms with E-state index in [1.165, 1.54) is 17.5 Å². The number of nitrogens with two attached hydrogens (primary N) is 1. The molecule has 0 aliphatic heterocycles. The molecule has 0 saturated heterocycles. The number of hydrogen-bond donors (Lipinski definition) is 1. The van der Waals surface area contributed by atoms with E-state index in [1.54, 1.807) is 0 Å². The molecule has 1 aromatic heterocycles. The summed E-state index contributed by atoms with van der Waals surface area (Å²) in [6.45, 7) is 2.71.